The van der Waals surface area contributed by atoms with Gasteiger partial charge in [-0.25, -0.2) is 0 Å². The van der Waals surface area contributed by atoms with E-state index < -0.39 is 0 Å². The molecule has 1 heterocycles. The van der Waals surface area contributed by atoms with Crippen LogP contribution in [0.1, 0.15) is 32.1 Å². The van der Waals surface area contributed by atoms with Crippen LogP contribution in [-0.4, -0.2) is 23.4 Å². The van der Waals surface area contributed by atoms with Gasteiger partial charge in [-0.3, -0.25) is 0 Å². The molecule has 2 aliphatic rings. The Labute approximate surface area is 61.2 Å². The van der Waals surface area contributed by atoms with Crippen LogP contribution in [0.3, 0.4) is 0 Å². The van der Waals surface area contributed by atoms with Gasteiger partial charge in [-0.2, -0.15) is 0 Å². The second-order valence-corrected chi connectivity index (χ2v) is 3.38. The zero-order valence-electron chi connectivity index (χ0n) is 6.12. The summed E-state index contributed by atoms with van der Waals surface area (Å²) in [6.07, 6.45) is 6.33. The SMILES string of the molecule is O[C@H]1CCC[C@H]2O[C@H]2CC1. The highest BCUT2D eigenvalue weighted by molar-refractivity contribution is 4.87. The Balaban J connectivity index is 1.83. The fourth-order valence-corrected chi connectivity index (χ4v) is 1.74. The summed E-state index contributed by atoms with van der Waals surface area (Å²) in [5.74, 6) is 0. The van der Waals surface area contributed by atoms with Crippen LogP contribution in [-0.2, 0) is 4.74 Å². The Kier molecular flexibility index (Phi) is 1.66. The van der Waals surface area contributed by atoms with E-state index in [1.807, 2.05) is 0 Å². The Bertz CT molecular complexity index is 122. The van der Waals surface area contributed by atoms with Gasteiger partial charge in [0, 0.05) is 0 Å². The maximum Gasteiger partial charge on any atom is 0.0842 e. The van der Waals surface area contributed by atoms with Crippen molar-refractivity contribution in [1.82, 2.24) is 0 Å². The van der Waals surface area contributed by atoms with Crippen LogP contribution in [0.15, 0.2) is 0 Å². The molecule has 2 fully saturated rings. The average molecular weight is 142 g/mol. The molecule has 0 spiro atoms. The normalized spacial score (nSPS) is 47.1. The molecule has 2 nitrogen and oxygen atoms in total. The number of epoxide rings is 1. The zero-order valence-corrected chi connectivity index (χ0v) is 6.12. The number of aliphatic hydroxyl groups is 1. The molecule has 0 unspecified atom stereocenters. The van der Waals surface area contributed by atoms with Crippen LogP contribution in [0, 0.1) is 0 Å². The number of aliphatic hydroxyl groups excluding tert-OH is 1. The van der Waals surface area contributed by atoms with E-state index in [0.717, 1.165) is 25.7 Å². The highest BCUT2D eigenvalue weighted by atomic mass is 16.6. The number of hydrogen-bond acceptors (Lipinski definition) is 2. The molecule has 58 valence electrons. The Hall–Kier alpha value is -0.0800. The van der Waals surface area contributed by atoms with Crippen molar-refractivity contribution in [3.63, 3.8) is 0 Å². The first-order valence-corrected chi connectivity index (χ1v) is 4.20. The molecule has 0 aromatic rings. The quantitative estimate of drug-likeness (QED) is 0.513. The van der Waals surface area contributed by atoms with Crippen molar-refractivity contribution in [2.24, 2.45) is 0 Å². The third-order valence-corrected chi connectivity index (χ3v) is 2.50. The van der Waals surface area contributed by atoms with Crippen molar-refractivity contribution >= 4 is 0 Å². The molecule has 2 rings (SSSR count). The molecular formula is C8H14O2. The summed E-state index contributed by atoms with van der Waals surface area (Å²) in [5, 5.41) is 9.29. The van der Waals surface area contributed by atoms with Crippen molar-refractivity contribution < 1.29 is 9.84 Å². The van der Waals surface area contributed by atoms with Gasteiger partial charge in [-0.05, 0) is 32.1 Å². The molecular weight excluding hydrogens is 128 g/mol. The van der Waals surface area contributed by atoms with Gasteiger partial charge in [0.1, 0.15) is 0 Å². The molecule has 1 aliphatic heterocycles. The van der Waals surface area contributed by atoms with Crippen LogP contribution < -0.4 is 0 Å². The average Bonchev–Trinajstić information content (AvgIpc) is 2.59. The fourth-order valence-electron chi connectivity index (χ4n) is 1.74. The lowest BCUT2D eigenvalue weighted by Gasteiger charge is -2.10. The number of fused-ring (bicyclic) bond motifs is 1. The molecule has 1 aliphatic carbocycles. The summed E-state index contributed by atoms with van der Waals surface area (Å²) in [6.45, 7) is 0. The highest BCUT2D eigenvalue weighted by Crippen LogP contribution is 2.33. The van der Waals surface area contributed by atoms with Crippen molar-refractivity contribution in [3.8, 4) is 0 Å². The van der Waals surface area contributed by atoms with E-state index in [-0.39, 0.29) is 6.10 Å². The van der Waals surface area contributed by atoms with E-state index in [9.17, 15) is 5.11 Å². The van der Waals surface area contributed by atoms with Gasteiger partial charge in [-0.15, -0.1) is 0 Å². The smallest absolute Gasteiger partial charge is 0.0842 e. The zero-order chi connectivity index (χ0) is 6.97. The van der Waals surface area contributed by atoms with Gasteiger partial charge >= 0.3 is 0 Å². The second-order valence-electron chi connectivity index (χ2n) is 3.38. The van der Waals surface area contributed by atoms with Gasteiger partial charge in [-0.1, -0.05) is 0 Å². The van der Waals surface area contributed by atoms with Crippen LogP contribution >= 0.6 is 0 Å². The summed E-state index contributed by atoms with van der Waals surface area (Å²) in [6, 6.07) is 0. The van der Waals surface area contributed by atoms with E-state index in [4.69, 9.17) is 4.74 Å². The lowest BCUT2D eigenvalue weighted by molar-refractivity contribution is 0.144. The first-order valence-electron chi connectivity index (χ1n) is 4.20. The molecule has 3 atom stereocenters. The lowest BCUT2D eigenvalue weighted by atomic mass is 9.99. The Morgan fingerprint density at radius 1 is 1.00 bits per heavy atom. The minimum atomic E-state index is -0.0508. The van der Waals surface area contributed by atoms with Crippen LogP contribution in [0.5, 0.6) is 0 Å². The number of rotatable bonds is 0. The summed E-state index contributed by atoms with van der Waals surface area (Å²) < 4.78 is 5.38. The monoisotopic (exact) mass is 142 g/mol. The summed E-state index contributed by atoms with van der Waals surface area (Å²) in [7, 11) is 0. The van der Waals surface area contributed by atoms with Gasteiger partial charge in [0.25, 0.3) is 0 Å². The van der Waals surface area contributed by atoms with Gasteiger partial charge < -0.3 is 9.84 Å². The molecule has 1 saturated heterocycles. The maximum absolute atomic E-state index is 9.29. The molecule has 1 N–H and O–H groups in total. The first-order chi connectivity index (χ1) is 4.86. The van der Waals surface area contributed by atoms with Crippen molar-refractivity contribution in [1.29, 1.82) is 0 Å². The minimum absolute atomic E-state index is 0.0508. The van der Waals surface area contributed by atoms with Gasteiger partial charge in [0.2, 0.25) is 0 Å². The highest BCUT2D eigenvalue weighted by Gasteiger charge is 2.38. The molecule has 0 radical (unpaired) electrons. The standard InChI is InChI=1S/C8H14O2/c9-6-2-1-3-7-8(10-7)5-4-6/h6-9H,1-5H2/t6-,7+,8-/m0/s1. The van der Waals surface area contributed by atoms with E-state index in [1.165, 1.54) is 6.42 Å². The second kappa shape index (κ2) is 2.51. The lowest BCUT2D eigenvalue weighted by Crippen LogP contribution is -2.11. The van der Waals surface area contributed by atoms with Crippen LogP contribution in [0.4, 0.5) is 0 Å². The molecule has 0 bridgehead atoms. The molecule has 0 aromatic heterocycles. The van der Waals surface area contributed by atoms with E-state index in [1.54, 1.807) is 0 Å². The fraction of sp³-hybridized carbons (Fsp3) is 1.00. The number of hydrogen-bond donors (Lipinski definition) is 1. The topological polar surface area (TPSA) is 32.8 Å². The summed E-state index contributed by atoms with van der Waals surface area (Å²) in [5.41, 5.74) is 0. The van der Waals surface area contributed by atoms with Gasteiger partial charge in [0.05, 0.1) is 18.3 Å². The van der Waals surface area contributed by atoms with E-state index in [2.05, 4.69) is 0 Å². The maximum atomic E-state index is 9.29. The Morgan fingerprint density at radius 2 is 1.80 bits per heavy atom. The van der Waals surface area contributed by atoms with Crippen molar-refractivity contribution in [2.45, 2.75) is 50.4 Å². The molecule has 0 amide bonds. The first kappa shape index (κ1) is 6.62. The van der Waals surface area contributed by atoms with Crippen molar-refractivity contribution in [3.05, 3.63) is 0 Å². The van der Waals surface area contributed by atoms with Crippen LogP contribution in [0.25, 0.3) is 0 Å². The van der Waals surface area contributed by atoms with E-state index >= 15 is 0 Å². The third-order valence-electron chi connectivity index (χ3n) is 2.50. The summed E-state index contributed by atoms with van der Waals surface area (Å²) >= 11 is 0. The molecule has 10 heavy (non-hydrogen) atoms. The van der Waals surface area contributed by atoms with Crippen molar-refractivity contribution in [2.75, 3.05) is 0 Å². The third kappa shape index (κ3) is 1.32. The number of ether oxygens (including phenoxy) is 1. The molecule has 0 aromatic carbocycles. The Morgan fingerprint density at radius 3 is 2.70 bits per heavy atom. The molecule has 1 saturated carbocycles. The summed E-state index contributed by atoms with van der Waals surface area (Å²) in [4.78, 5) is 0. The van der Waals surface area contributed by atoms with Gasteiger partial charge in [0.15, 0.2) is 0 Å². The molecule has 2 heteroatoms. The van der Waals surface area contributed by atoms with E-state index in [0.29, 0.717) is 12.2 Å². The van der Waals surface area contributed by atoms with Crippen LogP contribution in [0.2, 0.25) is 0 Å². The predicted molar refractivity (Wildman–Crippen MR) is 37.8 cm³/mol. The minimum Gasteiger partial charge on any atom is -0.393 e. The predicted octanol–water partition coefficient (Wildman–Crippen LogP) is 1.08. The largest absolute Gasteiger partial charge is 0.393 e.